The zero-order valence-electron chi connectivity index (χ0n) is 22.7. The molecule has 0 bridgehead atoms. The highest BCUT2D eigenvalue weighted by Crippen LogP contribution is 2.39. The van der Waals surface area contributed by atoms with Crippen LogP contribution in [0.2, 0.25) is 0 Å². The molecular weight excluding hydrogens is 508 g/mol. The Labute approximate surface area is 232 Å². The summed E-state index contributed by atoms with van der Waals surface area (Å²) in [5.74, 6) is 0.392. The maximum Gasteiger partial charge on any atom is 0.306 e. The topological polar surface area (TPSA) is 86.8 Å². The molecule has 0 unspecified atom stereocenters. The van der Waals surface area contributed by atoms with Gasteiger partial charge in [0.25, 0.3) is 0 Å². The first-order chi connectivity index (χ1) is 18.8. The van der Waals surface area contributed by atoms with Gasteiger partial charge in [-0.25, -0.2) is 0 Å². The molecular formula is C30H32N6O2S. The predicted octanol–water partition coefficient (Wildman–Crippen LogP) is 5.04. The standard InChI is InChI=1S/C30H32N6O2S/c1-18-19(2)39-30-27(18)28(31-25(17-26(37)38)29-33-32-20(3)36(29)30)22-10-8-21(9-11-22)23-6-5-7-24(16-23)35-14-12-34(4)13-15-35/h5-11,16,25H,12-15,17H2,1-4H3,(H,37,38)/t25-/m0/s1. The van der Waals surface area contributed by atoms with Crippen LogP contribution in [0.1, 0.15) is 45.7 Å². The molecule has 2 aliphatic heterocycles. The van der Waals surface area contributed by atoms with Gasteiger partial charge < -0.3 is 14.9 Å². The van der Waals surface area contributed by atoms with Crippen LogP contribution in [0, 0.1) is 20.8 Å². The van der Waals surface area contributed by atoms with E-state index in [1.807, 2.05) is 11.5 Å². The van der Waals surface area contributed by atoms with Crippen molar-refractivity contribution >= 4 is 28.7 Å². The molecule has 4 heterocycles. The van der Waals surface area contributed by atoms with E-state index in [1.165, 1.54) is 16.1 Å². The van der Waals surface area contributed by atoms with Crippen LogP contribution >= 0.6 is 11.3 Å². The van der Waals surface area contributed by atoms with Crippen molar-refractivity contribution in [2.45, 2.75) is 33.2 Å². The Morgan fingerprint density at radius 2 is 1.69 bits per heavy atom. The van der Waals surface area contributed by atoms with Crippen LogP contribution in [-0.4, -0.2) is 69.7 Å². The summed E-state index contributed by atoms with van der Waals surface area (Å²) >= 11 is 1.67. The maximum atomic E-state index is 11.8. The normalized spacial score (nSPS) is 17.4. The molecule has 1 N–H and O–H groups in total. The second kappa shape index (κ2) is 10.1. The SMILES string of the molecule is Cc1sc2c(c1C)C(c1ccc(-c3cccc(N4CCN(C)CC4)c3)cc1)=N[C@@H](CC(=O)O)c1nnc(C)n1-2. The number of aliphatic carboxylic acids is 1. The Balaban J connectivity index is 1.39. The molecule has 0 radical (unpaired) electrons. The Bertz CT molecular complexity index is 1580. The number of aryl methyl sites for hydroxylation is 2. The molecule has 39 heavy (non-hydrogen) atoms. The third-order valence-corrected chi connectivity index (χ3v) is 9.01. The third kappa shape index (κ3) is 4.66. The van der Waals surface area contributed by atoms with E-state index in [2.05, 4.69) is 89.4 Å². The van der Waals surface area contributed by atoms with Gasteiger partial charge in [0, 0.05) is 47.9 Å². The molecule has 9 heteroatoms. The summed E-state index contributed by atoms with van der Waals surface area (Å²) in [6.07, 6.45) is -0.147. The van der Waals surface area contributed by atoms with E-state index in [-0.39, 0.29) is 6.42 Å². The fourth-order valence-electron chi connectivity index (χ4n) is 5.46. The van der Waals surface area contributed by atoms with Gasteiger partial charge in [0.05, 0.1) is 12.1 Å². The van der Waals surface area contributed by atoms with Crippen molar-refractivity contribution in [3.8, 4) is 16.1 Å². The van der Waals surface area contributed by atoms with Crippen LogP contribution in [-0.2, 0) is 4.79 Å². The van der Waals surface area contributed by atoms with Gasteiger partial charge in [-0.3, -0.25) is 14.4 Å². The van der Waals surface area contributed by atoms with Gasteiger partial charge in [-0.05, 0) is 56.6 Å². The second-order valence-corrected chi connectivity index (χ2v) is 11.6. The first-order valence-electron chi connectivity index (χ1n) is 13.3. The van der Waals surface area contributed by atoms with Crippen molar-refractivity contribution in [3.63, 3.8) is 0 Å². The highest BCUT2D eigenvalue weighted by molar-refractivity contribution is 7.15. The lowest BCUT2D eigenvalue weighted by atomic mass is 9.97. The number of anilines is 1. The second-order valence-electron chi connectivity index (χ2n) is 10.4. The number of nitrogens with zero attached hydrogens (tertiary/aromatic N) is 6. The molecule has 0 spiro atoms. The molecule has 1 fully saturated rings. The predicted molar refractivity (Wildman–Crippen MR) is 156 cm³/mol. The summed E-state index contributed by atoms with van der Waals surface area (Å²) in [7, 11) is 2.17. The average Bonchev–Trinajstić information content (AvgIpc) is 3.41. The number of carboxylic acid groups (broad SMARTS) is 1. The lowest BCUT2D eigenvalue weighted by molar-refractivity contribution is -0.137. The van der Waals surface area contributed by atoms with E-state index in [0.29, 0.717) is 5.82 Å². The summed E-state index contributed by atoms with van der Waals surface area (Å²) in [4.78, 5) is 22.9. The fourth-order valence-corrected chi connectivity index (χ4v) is 6.67. The number of carboxylic acids is 1. The minimum absolute atomic E-state index is 0.147. The first kappa shape index (κ1) is 25.5. The lowest BCUT2D eigenvalue weighted by Crippen LogP contribution is -2.44. The van der Waals surface area contributed by atoms with E-state index >= 15 is 0 Å². The van der Waals surface area contributed by atoms with Crippen molar-refractivity contribution in [2.24, 2.45) is 4.99 Å². The summed E-state index contributed by atoms with van der Waals surface area (Å²) in [5.41, 5.74) is 7.50. The molecule has 2 aromatic carbocycles. The molecule has 4 aromatic rings. The van der Waals surface area contributed by atoms with Crippen LogP contribution in [0.3, 0.4) is 0 Å². The molecule has 0 saturated carbocycles. The van der Waals surface area contributed by atoms with Crippen LogP contribution in [0.5, 0.6) is 0 Å². The summed E-state index contributed by atoms with van der Waals surface area (Å²) in [6.45, 7) is 10.3. The van der Waals surface area contributed by atoms with E-state index in [0.717, 1.165) is 65.0 Å². The number of likely N-dealkylation sites (N-methyl/N-ethyl adjacent to an activating group) is 1. The van der Waals surface area contributed by atoms with E-state index in [1.54, 1.807) is 11.3 Å². The molecule has 200 valence electrons. The van der Waals surface area contributed by atoms with Crippen LogP contribution < -0.4 is 4.90 Å². The Kier molecular flexibility index (Phi) is 6.56. The summed E-state index contributed by atoms with van der Waals surface area (Å²) in [6, 6.07) is 16.6. The molecule has 0 amide bonds. The van der Waals surface area contributed by atoms with Crippen LogP contribution in [0.25, 0.3) is 16.1 Å². The number of fused-ring (bicyclic) bond motifs is 3. The van der Waals surface area contributed by atoms with Gasteiger partial charge in [0.2, 0.25) is 0 Å². The van der Waals surface area contributed by atoms with Gasteiger partial charge in [-0.2, -0.15) is 0 Å². The Hall–Kier alpha value is -3.82. The van der Waals surface area contributed by atoms with Crippen molar-refractivity contribution in [1.29, 1.82) is 0 Å². The molecule has 2 aromatic heterocycles. The number of aromatic nitrogens is 3. The number of hydrogen-bond donors (Lipinski definition) is 1. The molecule has 2 aliphatic rings. The van der Waals surface area contributed by atoms with E-state index in [9.17, 15) is 9.90 Å². The quantitative estimate of drug-likeness (QED) is 0.382. The number of carbonyl (C=O) groups is 1. The van der Waals surface area contributed by atoms with Crippen molar-refractivity contribution in [1.82, 2.24) is 19.7 Å². The Morgan fingerprint density at radius 3 is 2.41 bits per heavy atom. The number of rotatable bonds is 5. The number of piperazine rings is 1. The number of hydrogen-bond acceptors (Lipinski definition) is 7. The summed E-state index contributed by atoms with van der Waals surface area (Å²) < 4.78 is 1.99. The van der Waals surface area contributed by atoms with Gasteiger partial charge in [0.15, 0.2) is 5.82 Å². The molecule has 1 saturated heterocycles. The van der Waals surface area contributed by atoms with Crippen molar-refractivity contribution in [3.05, 3.63) is 81.7 Å². The number of aliphatic imine (C=N–C) groups is 1. The smallest absolute Gasteiger partial charge is 0.306 e. The monoisotopic (exact) mass is 540 g/mol. The van der Waals surface area contributed by atoms with Crippen molar-refractivity contribution in [2.75, 3.05) is 38.1 Å². The Morgan fingerprint density at radius 1 is 0.974 bits per heavy atom. The average molecular weight is 541 g/mol. The molecule has 8 nitrogen and oxygen atoms in total. The van der Waals surface area contributed by atoms with Gasteiger partial charge in [-0.1, -0.05) is 36.4 Å². The van der Waals surface area contributed by atoms with Crippen LogP contribution in [0.15, 0.2) is 53.5 Å². The minimum Gasteiger partial charge on any atom is -0.481 e. The molecule has 0 aliphatic carbocycles. The highest BCUT2D eigenvalue weighted by atomic mass is 32.1. The zero-order valence-corrected chi connectivity index (χ0v) is 23.5. The zero-order chi connectivity index (χ0) is 27.3. The maximum absolute atomic E-state index is 11.8. The van der Waals surface area contributed by atoms with E-state index in [4.69, 9.17) is 4.99 Å². The highest BCUT2D eigenvalue weighted by Gasteiger charge is 2.32. The minimum atomic E-state index is -0.913. The van der Waals surface area contributed by atoms with Crippen LogP contribution in [0.4, 0.5) is 5.69 Å². The number of thiophene rings is 1. The lowest BCUT2D eigenvalue weighted by Gasteiger charge is -2.34. The van der Waals surface area contributed by atoms with Gasteiger partial charge in [0.1, 0.15) is 16.9 Å². The fraction of sp³-hybridized carbons (Fsp3) is 0.333. The summed E-state index contributed by atoms with van der Waals surface area (Å²) in [5, 5.41) is 19.3. The van der Waals surface area contributed by atoms with Crippen molar-refractivity contribution < 1.29 is 9.90 Å². The third-order valence-electron chi connectivity index (χ3n) is 7.81. The van der Waals surface area contributed by atoms with Gasteiger partial charge in [-0.15, -0.1) is 21.5 Å². The van der Waals surface area contributed by atoms with E-state index < -0.39 is 12.0 Å². The number of benzene rings is 2. The largest absolute Gasteiger partial charge is 0.481 e. The first-order valence-corrected chi connectivity index (χ1v) is 14.1. The van der Waals surface area contributed by atoms with Gasteiger partial charge >= 0.3 is 5.97 Å². The molecule has 6 rings (SSSR count). The molecule has 1 atom stereocenters.